The van der Waals surface area contributed by atoms with Crippen molar-refractivity contribution in [3.8, 4) is 0 Å². The molecule has 1 aromatic carbocycles. The zero-order chi connectivity index (χ0) is 18.4. The summed E-state index contributed by atoms with van der Waals surface area (Å²) in [5.41, 5.74) is 5.25. The number of hydrogen-bond donors (Lipinski definition) is 1. The molecule has 0 fully saturated rings. The molecule has 0 amide bonds. The molecule has 9 heteroatoms. The Hall–Kier alpha value is -2.10. The molecule has 0 radical (unpaired) electrons. The lowest BCUT2D eigenvalue weighted by atomic mass is 10.2. The lowest BCUT2D eigenvalue weighted by Crippen LogP contribution is -2.32. The second kappa shape index (κ2) is 6.57. The summed E-state index contributed by atoms with van der Waals surface area (Å²) < 4.78 is 7.20. The van der Waals surface area contributed by atoms with Crippen LogP contribution >= 0.6 is 39.0 Å². The van der Waals surface area contributed by atoms with Crippen molar-refractivity contribution in [2.24, 2.45) is 0 Å². The number of esters is 1. The number of ether oxygens (including phenoxy) is 1. The fraction of sp³-hybridized carbons (Fsp3) is 0.118. The Morgan fingerprint density at radius 3 is 2.73 bits per heavy atom. The monoisotopic (exact) mass is 449 g/mol. The lowest BCUT2D eigenvalue weighted by Gasteiger charge is -2.20. The summed E-state index contributed by atoms with van der Waals surface area (Å²) in [6.45, 7) is 1.74. The summed E-state index contributed by atoms with van der Waals surface area (Å²) in [6, 6.07) is 7.79. The standard InChI is InChI=1S/C17H12BrN3O3S2/c1-8-12-14(26-13(8)16(23)24-2)19-17-21(15(12)22)20-11(7-25-17)9-3-5-10(18)6-4-9/h3-7,20H,1-2H3. The number of nitrogens with zero attached hydrogens (tertiary/aromatic N) is 2. The van der Waals surface area contributed by atoms with Crippen LogP contribution in [0.2, 0.25) is 0 Å². The van der Waals surface area contributed by atoms with Crippen LogP contribution in [0, 0.1) is 6.92 Å². The molecule has 1 N–H and O–H groups in total. The van der Waals surface area contributed by atoms with Gasteiger partial charge in [-0.05, 0) is 24.6 Å². The number of rotatable bonds is 2. The van der Waals surface area contributed by atoms with Crippen molar-refractivity contribution in [1.29, 1.82) is 0 Å². The molecular weight excluding hydrogens is 438 g/mol. The predicted molar refractivity (Wildman–Crippen MR) is 107 cm³/mol. The Labute approximate surface area is 165 Å². The highest BCUT2D eigenvalue weighted by Gasteiger charge is 2.24. The Balaban J connectivity index is 1.82. The van der Waals surface area contributed by atoms with Gasteiger partial charge in [0.25, 0.3) is 5.56 Å². The summed E-state index contributed by atoms with van der Waals surface area (Å²) in [6.07, 6.45) is 0. The second-order valence-corrected chi connectivity index (χ2v) is 8.28. The molecule has 0 spiro atoms. The molecule has 3 heterocycles. The molecule has 132 valence electrons. The zero-order valence-corrected chi connectivity index (χ0v) is 16.9. The van der Waals surface area contributed by atoms with Crippen molar-refractivity contribution in [3.63, 3.8) is 0 Å². The molecule has 3 aromatic rings. The third-order valence-corrected chi connectivity index (χ3v) is 6.51. The average molecular weight is 450 g/mol. The Kier molecular flexibility index (Phi) is 4.37. The van der Waals surface area contributed by atoms with Gasteiger partial charge in [0.1, 0.15) is 9.71 Å². The quantitative estimate of drug-likeness (QED) is 0.471. The highest BCUT2D eigenvalue weighted by molar-refractivity contribution is 9.10. The number of benzene rings is 1. The highest BCUT2D eigenvalue weighted by atomic mass is 79.9. The molecule has 0 unspecified atom stereocenters. The van der Waals surface area contributed by atoms with Crippen LogP contribution in [-0.4, -0.2) is 22.7 Å². The Bertz CT molecular complexity index is 1130. The number of aryl methyl sites for hydroxylation is 1. The van der Waals surface area contributed by atoms with Crippen molar-refractivity contribution in [2.45, 2.75) is 12.1 Å². The summed E-state index contributed by atoms with van der Waals surface area (Å²) in [7, 11) is 1.32. The zero-order valence-electron chi connectivity index (χ0n) is 13.7. The maximum Gasteiger partial charge on any atom is 0.348 e. The maximum absolute atomic E-state index is 13.0. The molecule has 6 nitrogen and oxygen atoms in total. The minimum atomic E-state index is -0.456. The van der Waals surface area contributed by atoms with Crippen molar-refractivity contribution in [2.75, 3.05) is 12.5 Å². The van der Waals surface area contributed by atoms with Gasteiger partial charge in [-0.25, -0.2) is 9.78 Å². The van der Waals surface area contributed by atoms with E-state index in [1.54, 1.807) is 6.92 Å². The van der Waals surface area contributed by atoms with Crippen LogP contribution in [-0.2, 0) is 4.74 Å². The largest absolute Gasteiger partial charge is 0.465 e. The number of fused-ring (bicyclic) bond motifs is 2. The van der Waals surface area contributed by atoms with E-state index in [2.05, 4.69) is 26.3 Å². The first-order valence-corrected chi connectivity index (χ1v) is 10.0. The van der Waals surface area contributed by atoms with Crippen LogP contribution in [0.4, 0.5) is 0 Å². The van der Waals surface area contributed by atoms with Crippen LogP contribution in [0.1, 0.15) is 20.8 Å². The number of methoxy groups -OCH3 is 1. The van der Waals surface area contributed by atoms with E-state index in [-0.39, 0.29) is 5.56 Å². The number of hydrogen-bond acceptors (Lipinski definition) is 7. The Morgan fingerprint density at radius 1 is 1.31 bits per heavy atom. The Morgan fingerprint density at radius 2 is 2.04 bits per heavy atom. The topological polar surface area (TPSA) is 73.2 Å². The van der Waals surface area contributed by atoms with Gasteiger partial charge in [0.2, 0.25) is 0 Å². The number of carbonyl (C=O) groups excluding carboxylic acids is 1. The SMILES string of the molecule is COC(=O)c1sc2nc3n(c(=O)c2c1C)NC(c1ccc(Br)cc1)=CS3. The van der Waals surface area contributed by atoms with Crippen LogP contribution in [0.25, 0.3) is 15.9 Å². The van der Waals surface area contributed by atoms with Gasteiger partial charge in [-0.3, -0.25) is 10.2 Å². The van der Waals surface area contributed by atoms with Gasteiger partial charge in [0, 0.05) is 15.4 Å². The van der Waals surface area contributed by atoms with Crippen LogP contribution < -0.4 is 11.0 Å². The predicted octanol–water partition coefficient (Wildman–Crippen LogP) is 3.96. The van der Waals surface area contributed by atoms with Crippen LogP contribution in [0.5, 0.6) is 0 Å². The first-order chi connectivity index (χ1) is 12.5. The number of halogens is 1. The van der Waals surface area contributed by atoms with Gasteiger partial charge in [-0.2, -0.15) is 4.68 Å². The van der Waals surface area contributed by atoms with Crippen LogP contribution in [0.3, 0.4) is 0 Å². The fourth-order valence-electron chi connectivity index (χ4n) is 2.65. The third-order valence-electron chi connectivity index (χ3n) is 3.97. The second-order valence-electron chi connectivity index (χ2n) is 5.53. The highest BCUT2D eigenvalue weighted by Crippen LogP contribution is 2.32. The normalized spacial score (nSPS) is 13.1. The van der Waals surface area contributed by atoms with E-state index >= 15 is 0 Å². The van der Waals surface area contributed by atoms with Crippen molar-refractivity contribution >= 4 is 60.9 Å². The summed E-state index contributed by atoms with van der Waals surface area (Å²) in [5.74, 6) is -0.456. The molecule has 1 aliphatic rings. The molecule has 0 saturated heterocycles. The minimum Gasteiger partial charge on any atom is -0.465 e. The van der Waals surface area contributed by atoms with E-state index < -0.39 is 5.97 Å². The van der Waals surface area contributed by atoms with Gasteiger partial charge in [-0.15, -0.1) is 11.3 Å². The average Bonchev–Trinajstić information content (AvgIpc) is 2.98. The maximum atomic E-state index is 13.0. The van der Waals surface area contributed by atoms with Crippen LogP contribution in [0.15, 0.2) is 44.1 Å². The molecule has 2 aromatic heterocycles. The smallest absolute Gasteiger partial charge is 0.348 e. The molecule has 0 bridgehead atoms. The van der Waals surface area contributed by atoms with Gasteiger partial charge >= 0.3 is 5.97 Å². The van der Waals surface area contributed by atoms with E-state index in [4.69, 9.17) is 4.74 Å². The van der Waals surface area contributed by atoms with Gasteiger partial charge in [0.15, 0.2) is 5.16 Å². The van der Waals surface area contributed by atoms with E-state index in [0.29, 0.717) is 25.8 Å². The van der Waals surface area contributed by atoms with E-state index in [0.717, 1.165) is 15.7 Å². The van der Waals surface area contributed by atoms with Gasteiger partial charge in [-0.1, -0.05) is 39.8 Å². The van der Waals surface area contributed by atoms with Crippen molar-refractivity contribution < 1.29 is 9.53 Å². The third kappa shape index (κ3) is 2.76. The fourth-order valence-corrected chi connectivity index (χ4v) is 4.85. The van der Waals surface area contributed by atoms with E-state index in [1.165, 1.54) is 34.9 Å². The number of thiophene rings is 1. The number of carbonyl (C=O) groups is 1. The van der Waals surface area contributed by atoms with Gasteiger partial charge < -0.3 is 4.74 Å². The van der Waals surface area contributed by atoms with Crippen molar-refractivity contribution in [1.82, 2.24) is 9.66 Å². The summed E-state index contributed by atoms with van der Waals surface area (Å²) >= 11 is 5.95. The minimum absolute atomic E-state index is 0.232. The van der Waals surface area contributed by atoms with E-state index in [1.807, 2.05) is 29.7 Å². The summed E-state index contributed by atoms with van der Waals surface area (Å²) in [5, 5.41) is 2.88. The number of nitrogens with one attached hydrogen (secondary N) is 1. The molecule has 4 rings (SSSR count). The molecular formula is C17H12BrN3O3S2. The number of thioether (sulfide) groups is 1. The summed E-state index contributed by atoms with van der Waals surface area (Å²) in [4.78, 5) is 30.4. The molecule has 0 saturated carbocycles. The molecule has 0 atom stereocenters. The number of aromatic nitrogens is 2. The first kappa shape index (κ1) is 17.3. The van der Waals surface area contributed by atoms with Crippen molar-refractivity contribution in [3.05, 3.63) is 60.5 Å². The lowest BCUT2D eigenvalue weighted by molar-refractivity contribution is 0.0605. The first-order valence-electron chi connectivity index (χ1n) is 7.54. The van der Waals surface area contributed by atoms with Gasteiger partial charge in [0.05, 0.1) is 18.2 Å². The van der Waals surface area contributed by atoms with E-state index in [9.17, 15) is 9.59 Å². The molecule has 0 aliphatic carbocycles. The molecule has 26 heavy (non-hydrogen) atoms. The molecule has 1 aliphatic heterocycles.